The van der Waals surface area contributed by atoms with Crippen molar-refractivity contribution in [3.05, 3.63) is 28.1 Å². The average molecular weight is 246 g/mol. The first-order valence-electron chi connectivity index (χ1n) is 3.45. The maximum atomic E-state index is 5.92. The summed E-state index contributed by atoms with van der Waals surface area (Å²) in [6.07, 6.45) is 3.68. The van der Waals surface area contributed by atoms with Crippen molar-refractivity contribution in [2.45, 2.75) is 0 Å². The first-order valence-corrected chi connectivity index (χ1v) is 4.62. The van der Waals surface area contributed by atoms with Crippen LogP contribution < -0.4 is 0 Å². The summed E-state index contributed by atoms with van der Waals surface area (Å²) in [5, 5.41) is 1.52. The van der Waals surface area contributed by atoms with Gasteiger partial charge in [-0.1, -0.05) is 11.6 Å². The number of halogens is 2. The van der Waals surface area contributed by atoms with Gasteiger partial charge in [-0.15, -0.1) is 0 Å². The van der Waals surface area contributed by atoms with Gasteiger partial charge in [0.05, 0.1) is 10.9 Å². The molecule has 0 atom stereocenters. The molecule has 4 heteroatoms. The van der Waals surface area contributed by atoms with Gasteiger partial charge in [0.2, 0.25) is 0 Å². The zero-order valence-electron chi connectivity index (χ0n) is 6.38. The van der Waals surface area contributed by atoms with Gasteiger partial charge in [0.15, 0.2) is 0 Å². The van der Waals surface area contributed by atoms with Crippen LogP contribution in [0.15, 0.2) is 22.9 Å². The molecular formula is C8H6BrClN2. The van der Waals surface area contributed by atoms with Crippen molar-refractivity contribution < 1.29 is 0 Å². The molecule has 2 rings (SSSR count). The molecule has 0 saturated carbocycles. The lowest BCUT2D eigenvalue weighted by atomic mass is 10.3. The van der Waals surface area contributed by atoms with Crippen molar-refractivity contribution >= 4 is 38.4 Å². The van der Waals surface area contributed by atoms with Crippen LogP contribution in [0.25, 0.3) is 10.9 Å². The highest BCUT2D eigenvalue weighted by atomic mass is 79.9. The van der Waals surface area contributed by atoms with E-state index in [9.17, 15) is 0 Å². The molecule has 2 aromatic heterocycles. The van der Waals surface area contributed by atoms with Crippen molar-refractivity contribution in [1.82, 2.24) is 9.55 Å². The molecule has 0 aliphatic heterocycles. The Morgan fingerprint density at radius 1 is 1.58 bits per heavy atom. The minimum atomic E-state index is 0.542. The number of hydrogen-bond acceptors (Lipinski definition) is 1. The Labute approximate surface area is 83.3 Å². The summed E-state index contributed by atoms with van der Waals surface area (Å²) in [5.41, 5.74) is 1.09. The Balaban J connectivity index is 2.99. The number of pyridine rings is 1. The molecule has 2 aromatic rings. The molecule has 0 spiro atoms. The lowest BCUT2D eigenvalue weighted by Gasteiger charge is -1.95. The molecule has 0 amide bonds. The molecule has 0 unspecified atom stereocenters. The maximum absolute atomic E-state index is 5.92. The van der Waals surface area contributed by atoms with Crippen LogP contribution >= 0.6 is 27.5 Å². The van der Waals surface area contributed by atoms with Crippen LogP contribution in [0.2, 0.25) is 5.15 Å². The van der Waals surface area contributed by atoms with Gasteiger partial charge in [-0.25, -0.2) is 4.98 Å². The zero-order valence-corrected chi connectivity index (χ0v) is 8.72. The van der Waals surface area contributed by atoms with E-state index in [0.29, 0.717) is 5.15 Å². The lowest BCUT2D eigenvalue weighted by molar-refractivity contribution is 0.965. The van der Waals surface area contributed by atoms with Crippen molar-refractivity contribution in [2.75, 3.05) is 0 Å². The highest BCUT2D eigenvalue weighted by Gasteiger charge is 2.07. The fourth-order valence-corrected chi connectivity index (χ4v) is 2.31. The smallest absolute Gasteiger partial charge is 0.139 e. The Bertz CT molecular complexity index is 436. The largest absolute Gasteiger partial charge is 0.349 e. The summed E-state index contributed by atoms with van der Waals surface area (Å²) in [5.74, 6) is 0. The molecule has 0 radical (unpaired) electrons. The highest BCUT2D eigenvalue weighted by molar-refractivity contribution is 9.10. The first-order chi connectivity index (χ1) is 5.70. The topological polar surface area (TPSA) is 17.8 Å². The summed E-state index contributed by atoms with van der Waals surface area (Å²) in [4.78, 5) is 4.00. The number of hydrogen-bond donors (Lipinski definition) is 0. The van der Waals surface area contributed by atoms with Gasteiger partial charge in [-0.2, -0.15) is 0 Å². The number of nitrogens with zero attached hydrogens (tertiary/aromatic N) is 2. The van der Waals surface area contributed by atoms with Crippen molar-refractivity contribution in [2.24, 2.45) is 7.05 Å². The molecule has 0 fully saturated rings. The molecule has 0 aromatic carbocycles. The zero-order chi connectivity index (χ0) is 8.72. The summed E-state index contributed by atoms with van der Waals surface area (Å²) in [7, 11) is 1.98. The summed E-state index contributed by atoms with van der Waals surface area (Å²) < 4.78 is 2.99. The third-order valence-electron chi connectivity index (χ3n) is 1.81. The van der Waals surface area contributed by atoms with Gasteiger partial charge in [0.25, 0.3) is 0 Å². The monoisotopic (exact) mass is 244 g/mol. The fourth-order valence-electron chi connectivity index (χ4n) is 1.25. The minimum absolute atomic E-state index is 0.542. The SMILES string of the molecule is Cn1cc(Br)c2c(Cl)nccc21. The third-order valence-corrected chi connectivity index (χ3v) is 2.70. The van der Waals surface area contributed by atoms with Crippen LogP contribution in [-0.2, 0) is 7.05 Å². The van der Waals surface area contributed by atoms with Gasteiger partial charge in [0, 0.05) is 23.9 Å². The van der Waals surface area contributed by atoms with Crippen molar-refractivity contribution in [1.29, 1.82) is 0 Å². The molecule has 2 heterocycles. The van der Waals surface area contributed by atoms with E-state index in [4.69, 9.17) is 11.6 Å². The van der Waals surface area contributed by atoms with Crippen molar-refractivity contribution in [3.63, 3.8) is 0 Å². The average Bonchev–Trinajstić information content (AvgIpc) is 2.29. The van der Waals surface area contributed by atoms with Gasteiger partial charge < -0.3 is 4.57 Å². The molecule has 0 bridgehead atoms. The fraction of sp³-hybridized carbons (Fsp3) is 0.125. The van der Waals surface area contributed by atoms with E-state index in [1.54, 1.807) is 6.20 Å². The quantitative estimate of drug-likeness (QED) is 0.653. The van der Waals surface area contributed by atoms with Gasteiger partial charge in [-0.05, 0) is 22.0 Å². The lowest BCUT2D eigenvalue weighted by Crippen LogP contribution is -1.83. The van der Waals surface area contributed by atoms with E-state index in [2.05, 4.69) is 20.9 Å². The van der Waals surface area contributed by atoms with Gasteiger partial charge >= 0.3 is 0 Å². The van der Waals surface area contributed by atoms with Crippen LogP contribution in [0.4, 0.5) is 0 Å². The van der Waals surface area contributed by atoms with E-state index in [1.165, 1.54) is 0 Å². The molecule has 62 valence electrons. The van der Waals surface area contributed by atoms with Crippen LogP contribution in [0.1, 0.15) is 0 Å². The number of aromatic nitrogens is 2. The highest BCUT2D eigenvalue weighted by Crippen LogP contribution is 2.29. The van der Waals surface area contributed by atoms with Crippen molar-refractivity contribution in [3.8, 4) is 0 Å². The molecule has 0 aliphatic carbocycles. The van der Waals surface area contributed by atoms with E-state index < -0.39 is 0 Å². The van der Waals surface area contributed by atoms with Gasteiger partial charge in [0.1, 0.15) is 5.15 Å². The second-order valence-corrected chi connectivity index (χ2v) is 3.80. The van der Waals surface area contributed by atoms with Gasteiger partial charge in [-0.3, -0.25) is 0 Å². The molecular weight excluding hydrogens is 239 g/mol. The predicted octanol–water partition coefficient (Wildman–Crippen LogP) is 2.99. The molecule has 0 aliphatic rings. The predicted molar refractivity (Wildman–Crippen MR) is 53.4 cm³/mol. The van der Waals surface area contributed by atoms with E-state index >= 15 is 0 Å². The van der Waals surface area contributed by atoms with Crippen LogP contribution in [-0.4, -0.2) is 9.55 Å². The number of fused-ring (bicyclic) bond motifs is 1. The maximum Gasteiger partial charge on any atom is 0.139 e. The van der Waals surface area contributed by atoms with Crippen LogP contribution in [0, 0.1) is 0 Å². The third kappa shape index (κ3) is 1.04. The Morgan fingerprint density at radius 2 is 2.33 bits per heavy atom. The Kier molecular flexibility index (Phi) is 1.85. The summed E-state index contributed by atoms with van der Waals surface area (Å²) >= 11 is 9.34. The molecule has 2 nitrogen and oxygen atoms in total. The Hall–Kier alpha value is -0.540. The van der Waals surface area contributed by atoms with E-state index in [-0.39, 0.29) is 0 Å². The summed E-state index contributed by atoms with van der Waals surface area (Å²) in [6, 6.07) is 1.94. The second kappa shape index (κ2) is 2.75. The molecule has 0 N–H and O–H groups in total. The van der Waals surface area contributed by atoms with E-state index in [0.717, 1.165) is 15.4 Å². The van der Waals surface area contributed by atoms with E-state index in [1.807, 2.05) is 23.9 Å². The minimum Gasteiger partial charge on any atom is -0.349 e. The normalized spacial score (nSPS) is 10.9. The second-order valence-electron chi connectivity index (χ2n) is 2.58. The number of aryl methyl sites for hydroxylation is 1. The first kappa shape index (κ1) is 8.08. The van der Waals surface area contributed by atoms with Crippen LogP contribution in [0.5, 0.6) is 0 Å². The molecule has 12 heavy (non-hydrogen) atoms. The summed E-state index contributed by atoms with van der Waals surface area (Å²) in [6.45, 7) is 0. The molecule has 0 saturated heterocycles. The standard InChI is InChI=1S/C8H6BrClN2/c1-12-4-5(9)7-6(12)2-3-11-8(7)10/h2-4H,1H3. The van der Waals surface area contributed by atoms with Crippen LogP contribution in [0.3, 0.4) is 0 Å². The Morgan fingerprint density at radius 3 is 3.00 bits per heavy atom. The number of rotatable bonds is 0.